The topological polar surface area (TPSA) is 82.8 Å². The number of hydrogen-bond donors (Lipinski definition) is 1. The van der Waals surface area contributed by atoms with Crippen molar-refractivity contribution in [1.29, 1.82) is 0 Å². The van der Waals surface area contributed by atoms with Crippen molar-refractivity contribution in [2.75, 3.05) is 32.7 Å². The van der Waals surface area contributed by atoms with Gasteiger partial charge >= 0.3 is 6.03 Å². The first-order valence-electron chi connectivity index (χ1n) is 13.1. The number of piperazine rings is 1. The summed E-state index contributed by atoms with van der Waals surface area (Å²) in [5.41, 5.74) is 7.82. The van der Waals surface area contributed by atoms with E-state index in [2.05, 4.69) is 53.2 Å². The number of urea groups is 1. The lowest BCUT2D eigenvalue weighted by Gasteiger charge is -2.44. The lowest BCUT2D eigenvalue weighted by molar-refractivity contribution is -0.137. The van der Waals surface area contributed by atoms with E-state index in [1.165, 1.54) is 16.5 Å². The van der Waals surface area contributed by atoms with Crippen LogP contribution in [0.3, 0.4) is 0 Å². The Morgan fingerprint density at radius 1 is 1.05 bits per heavy atom. The van der Waals surface area contributed by atoms with E-state index >= 15 is 0 Å². The maximum absolute atomic E-state index is 13.3. The largest absolute Gasteiger partial charge is 0.351 e. The summed E-state index contributed by atoms with van der Waals surface area (Å²) in [4.78, 5) is 35.2. The van der Waals surface area contributed by atoms with Crippen LogP contribution in [0.4, 0.5) is 4.79 Å². The van der Waals surface area contributed by atoms with Crippen molar-refractivity contribution in [1.82, 2.24) is 19.7 Å². The summed E-state index contributed by atoms with van der Waals surface area (Å²) in [6.07, 6.45) is 5.95. The molecule has 194 valence electrons. The van der Waals surface area contributed by atoms with Crippen LogP contribution in [0.5, 0.6) is 0 Å². The second-order valence-electron chi connectivity index (χ2n) is 10.3. The van der Waals surface area contributed by atoms with Crippen LogP contribution in [-0.2, 0) is 4.79 Å². The van der Waals surface area contributed by atoms with Gasteiger partial charge in [0.1, 0.15) is 0 Å². The fraction of sp³-hybridized carbons (Fsp3) is 0.414. The SMILES string of the molecule is CC1CN(C(c2ccc(Cl)cc2)c2cccc3cnccc23)CCN1C(=O)CC1CCN(C(N)=O)CC1. The van der Waals surface area contributed by atoms with E-state index in [0.717, 1.165) is 36.3 Å². The zero-order valence-electron chi connectivity index (χ0n) is 21.2. The van der Waals surface area contributed by atoms with Crippen LogP contribution in [0.25, 0.3) is 10.8 Å². The van der Waals surface area contributed by atoms with E-state index in [1.54, 1.807) is 4.90 Å². The second kappa shape index (κ2) is 11.1. The Morgan fingerprint density at radius 2 is 1.81 bits per heavy atom. The number of halogens is 1. The van der Waals surface area contributed by atoms with Crippen LogP contribution in [0, 0.1) is 5.92 Å². The lowest BCUT2D eigenvalue weighted by atomic mass is 9.91. The van der Waals surface area contributed by atoms with E-state index in [0.29, 0.717) is 32.0 Å². The Bertz CT molecular complexity index is 1250. The summed E-state index contributed by atoms with van der Waals surface area (Å²) in [6, 6.07) is 16.3. The van der Waals surface area contributed by atoms with Crippen LogP contribution >= 0.6 is 11.6 Å². The zero-order chi connectivity index (χ0) is 25.9. The molecule has 2 aliphatic heterocycles. The number of nitrogens with two attached hydrogens (primary N) is 1. The molecule has 3 aromatic rings. The van der Waals surface area contributed by atoms with Gasteiger partial charge in [0, 0.05) is 68.0 Å². The number of pyridine rings is 1. The highest BCUT2D eigenvalue weighted by Gasteiger charge is 2.34. The number of piperidine rings is 1. The normalized spacial score (nSPS) is 20.2. The van der Waals surface area contributed by atoms with Gasteiger partial charge in [-0.25, -0.2) is 4.79 Å². The molecular weight excluding hydrogens is 486 g/mol. The van der Waals surface area contributed by atoms with Gasteiger partial charge < -0.3 is 15.5 Å². The molecule has 3 amide bonds. The molecule has 2 N–H and O–H groups in total. The van der Waals surface area contributed by atoms with Gasteiger partial charge in [0.15, 0.2) is 0 Å². The number of benzene rings is 2. The Morgan fingerprint density at radius 3 is 2.51 bits per heavy atom. The minimum Gasteiger partial charge on any atom is -0.351 e. The molecule has 1 aromatic heterocycles. The number of fused-ring (bicyclic) bond motifs is 1. The number of rotatable bonds is 5. The summed E-state index contributed by atoms with van der Waals surface area (Å²) in [5.74, 6) is 0.517. The number of hydrogen-bond acceptors (Lipinski definition) is 4. The van der Waals surface area contributed by atoms with Gasteiger partial charge in [-0.05, 0) is 60.4 Å². The molecule has 2 unspecified atom stereocenters. The van der Waals surface area contributed by atoms with Gasteiger partial charge in [0.05, 0.1) is 6.04 Å². The highest BCUT2D eigenvalue weighted by Crippen LogP contribution is 2.35. The van der Waals surface area contributed by atoms with Crippen molar-refractivity contribution in [3.05, 3.63) is 77.1 Å². The Balaban J connectivity index is 1.33. The van der Waals surface area contributed by atoms with Crippen LogP contribution in [0.1, 0.15) is 43.4 Å². The molecule has 2 aliphatic rings. The minimum atomic E-state index is -0.368. The van der Waals surface area contributed by atoms with E-state index in [-0.39, 0.29) is 24.0 Å². The second-order valence-corrected chi connectivity index (χ2v) is 10.7. The molecule has 7 nitrogen and oxygen atoms in total. The maximum Gasteiger partial charge on any atom is 0.314 e. The predicted molar refractivity (Wildman–Crippen MR) is 146 cm³/mol. The predicted octanol–water partition coefficient (Wildman–Crippen LogP) is 4.69. The molecule has 3 heterocycles. The van der Waals surface area contributed by atoms with Crippen molar-refractivity contribution < 1.29 is 9.59 Å². The van der Waals surface area contributed by atoms with Crippen LogP contribution in [-0.4, -0.2) is 70.4 Å². The van der Waals surface area contributed by atoms with E-state index in [1.807, 2.05) is 29.4 Å². The van der Waals surface area contributed by atoms with Crippen molar-refractivity contribution in [2.45, 2.75) is 38.3 Å². The molecule has 0 saturated carbocycles. The van der Waals surface area contributed by atoms with E-state index in [9.17, 15) is 9.59 Å². The third-order valence-electron chi connectivity index (χ3n) is 7.93. The molecule has 0 spiro atoms. The average molecular weight is 520 g/mol. The van der Waals surface area contributed by atoms with Gasteiger partial charge in [-0.3, -0.25) is 14.7 Å². The maximum atomic E-state index is 13.3. The first kappa shape index (κ1) is 25.5. The quantitative estimate of drug-likeness (QED) is 0.530. The molecule has 2 atom stereocenters. The van der Waals surface area contributed by atoms with Gasteiger partial charge in [-0.15, -0.1) is 0 Å². The molecule has 37 heavy (non-hydrogen) atoms. The molecule has 2 fully saturated rings. The Kier molecular flexibility index (Phi) is 7.63. The number of likely N-dealkylation sites (tertiary alicyclic amines) is 1. The number of amides is 3. The number of carbonyl (C=O) groups is 2. The molecule has 2 saturated heterocycles. The summed E-state index contributed by atoms with van der Waals surface area (Å²) in [5, 5.41) is 3.02. The fourth-order valence-corrected chi connectivity index (χ4v) is 6.06. The average Bonchev–Trinajstić information content (AvgIpc) is 2.90. The number of primary amides is 1. The summed E-state index contributed by atoms with van der Waals surface area (Å²) in [6.45, 7) is 5.67. The Labute approximate surface area is 223 Å². The first-order valence-corrected chi connectivity index (χ1v) is 13.4. The highest BCUT2D eigenvalue weighted by molar-refractivity contribution is 6.30. The zero-order valence-corrected chi connectivity index (χ0v) is 22.0. The summed E-state index contributed by atoms with van der Waals surface area (Å²) < 4.78 is 0. The van der Waals surface area contributed by atoms with Gasteiger partial charge in [-0.1, -0.05) is 41.9 Å². The number of nitrogens with zero attached hydrogens (tertiary/aromatic N) is 4. The summed E-state index contributed by atoms with van der Waals surface area (Å²) in [7, 11) is 0. The van der Waals surface area contributed by atoms with Crippen molar-refractivity contribution in [3.8, 4) is 0 Å². The molecular formula is C29H34ClN5O2. The molecule has 0 radical (unpaired) electrons. The van der Waals surface area contributed by atoms with Gasteiger partial charge in [0.2, 0.25) is 5.91 Å². The van der Waals surface area contributed by atoms with Crippen LogP contribution in [0.15, 0.2) is 60.9 Å². The summed E-state index contributed by atoms with van der Waals surface area (Å²) >= 11 is 6.23. The molecule has 0 bridgehead atoms. The van der Waals surface area contributed by atoms with E-state index < -0.39 is 0 Å². The fourth-order valence-electron chi connectivity index (χ4n) is 5.93. The van der Waals surface area contributed by atoms with Crippen LogP contribution in [0.2, 0.25) is 5.02 Å². The standard InChI is InChI=1S/C29H34ClN5O2/c1-20-19-34(15-16-35(20)27(36)17-21-10-13-33(14-11-21)29(31)37)28(22-5-7-24(30)8-6-22)26-4-2-3-23-18-32-12-9-25(23)26/h2-9,12,18,20-21,28H,10-11,13-17,19H2,1H3,(H2,31,37). The monoisotopic (exact) mass is 519 g/mol. The molecule has 0 aliphatic carbocycles. The van der Waals surface area contributed by atoms with Crippen molar-refractivity contribution in [3.63, 3.8) is 0 Å². The number of carbonyl (C=O) groups excluding carboxylic acids is 2. The number of aromatic nitrogens is 1. The van der Waals surface area contributed by atoms with Gasteiger partial charge in [-0.2, -0.15) is 0 Å². The van der Waals surface area contributed by atoms with E-state index in [4.69, 9.17) is 17.3 Å². The molecule has 8 heteroatoms. The first-order chi connectivity index (χ1) is 17.9. The minimum absolute atomic E-state index is 0.0428. The molecule has 5 rings (SSSR count). The highest BCUT2D eigenvalue weighted by atomic mass is 35.5. The van der Waals surface area contributed by atoms with Crippen LogP contribution < -0.4 is 5.73 Å². The Hall–Kier alpha value is -3.16. The van der Waals surface area contributed by atoms with Crippen molar-refractivity contribution >= 4 is 34.3 Å². The van der Waals surface area contributed by atoms with Crippen molar-refractivity contribution in [2.24, 2.45) is 11.7 Å². The lowest BCUT2D eigenvalue weighted by Crippen LogP contribution is -2.55. The third-order valence-corrected chi connectivity index (χ3v) is 8.18. The third kappa shape index (κ3) is 5.58. The smallest absolute Gasteiger partial charge is 0.314 e. The molecule has 2 aromatic carbocycles. The van der Waals surface area contributed by atoms with Gasteiger partial charge in [0.25, 0.3) is 0 Å².